The van der Waals surface area contributed by atoms with Crippen LogP contribution in [0.15, 0.2) is 0 Å². The molecule has 0 aromatic carbocycles. The van der Waals surface area contributed by atoms with Gasteiger partial charge in [-0.15, -0.1) is 0 Å². The minimum Gasteiger partial charge on any atom is -0.462 e. The summed E-state index contributed by atoms with van der Waals surface area (Å²) >= 11 is 0. The highest BCUT2D eigenvalue weighted by atomic mass is 31.2. The van der Waals surface area contributed by atoms with E-state index in [4.69, 9.17) is 37.0 Å². The predicted octanol–water partition coefficient (Wildman–Crippen LogP) is 25.5. The smallest absolute Gasteiger partial charge is 0.462 e. The Hall–Kier alpha value is -1.94. The number of unbranched alkanes of at least 4 members (excludes halogenated alkanes) is 53. The van der Waals surface area contributed by atoms with Crippen molar-refractivity contribution in [3.8, 4) is 0 Å². The highest BCUT2D eigenvalue weighted by molar-refractivity contribution is 7.47. The van der Waals surface area contributed by atoms with Gasteiger partial charge in [0.2, 0.25) is 0 Å². The number of aliphatic hydroxyl groups excluding tert-OH is 1. The van der Waals surface area contributed by atoms with Gasteiger partial charge in [-0.05, 0) is 37.5 Å². The second-order valence-corrected chi connectivity index (χ2v) is 34.1. The average molecular weight is 1510 g/mol. The van der Waals surface area contributed by atoms with E-state index in [0.29, 0.717) is 31.6 Å². The Morgan fingerprint density at radius 3 is 0.660 bits per heavy atom. The van der Waals surface area contributed by atoms with E-state index < -0.39 is 97.5 Å². The third-order valence-corrected chi connectivity index (χ3v) is 21.6. The molecule has 2 unspecified atom stereocenters. The molecule has 103 heavy (non-hydrogen) atoms. The third-order valence-electron chi connectivity index (χ3n) is 19.7. The number of carbonyl (C=O) groups excluding carboxylic acids is 4. The van der Waals surface area contributed by atoms with Gasteiger partial charge in [-0.1, -0.05) is 395 Å². The van der Waals surface area contributed by atoms with Crippen molar-refractivity contribution in [3.05, 3.63) is 0 Å². The number of aliphatic hydroxyl groups is 1. The molecular formula is C84H164O17P2. The Bertz CT molecular complexity index is 1980. The summed E-state index contributed by atoms with van der Waals surface area (Å²) in [6.45, 7) is 9.58. The first-order valence-electron chi connectivity index (χ1n) is 43.5. The van der Waals surface area contributed by atoms with E-state index in [1.807, 2.05) is 0 Å². The van der Waals surface area contributed by atoms with Crippen LogP contribution in [0.2, 0.25) is 0 Å². The third kappa shape index (κ3) is 78.0. The van der Waals surface area contributed by atoms with Crippen LogP contribution in [0.25, 0.3) is 0 Å². The van der Waals surface area contributed by atoms with Gasteiger partial charge >= 0.3 is 39.5 Å². The van der Waals surface area contributed by atoms with Crippen LogP contribution in [0.5, 0.6) is 0 Å². The Balaban J connectivity index is 5.21. The molecule has 3 N–H and O–H groups in total. The number of rotatable bonds is 83. The Labute approximate surface area is 632 Å². The van der Waals surface area contributed by atoms with E-state index in [1.165, 1.54) is 257 Å². The molecule has 5 atom stereocenters. The average Bonchev–Trinajstić information content (AvgIpc) is 0.914. The molecule has 0 fully saturated rings. The van der Waals surface area contributed by atoms with Crippen LogP contribution in [0.4, 0.5) is 0 Å². The van der Waals surface area contributed by atoms with Crippen LogP contribution in [0.3, 0.4) is 0 Å². The van der Waals surface area contributed by atoms with Gasteiger partial charge in [0, 0.05) is 25.7 Å². The van der Waals surface area contributed by atoms with Crippen molar-refractivity contribution in [3.63, 3.8) is 0 Å². The molecule has 612 valence electrons. The summed E-state index contributed by atoms with van der Waals surface area (Å²) in [5.74, 6) is -0.651. The van der Waals surface area contributed by atoms with Crippen molar-refractivity contribution in [2.24, 2.45) is 11.8 Å². The fourth-order valence-electron chi connectivity index (χ4n) is 13.1. The molecule has 0 aromatic heterocycles. The second-order valence-electron chi connectivity index (χ2n) is 31.2. The molecule has 0 bridgehead atoms. The summed E-state index contributed by atoms with van der Waals surface area (Å²) < 4.78 is 68.8. The minimum absolute atomic E-state index is 0.105. The molecule has 0 aromatic rings. The monoisotopic (exact) mass is 1510 g/mol. The summed E-state index contributed by atoms with van der Waals surface area (Å²) in [4.78, 5) is 73.1. The number of hydrogen-bond acceptors (Lipinski definition) is 15. The molecule has 0 saturated carbocycles. The highest BCUT2D eigenvalue weighted by Crippen LogP contribution is 2.45. The number of phosphoric ester groups is 2. The zero-order valence-corrected chi connectivity index (χ0v) is 69.4. The van der Waals surface area contributed by atoms with Crippen molar-refractivity contribution in [2.75, 3.05) is 39.6 Å². The van der Waals surface area contributed by atoms with Gasteiger partial charge in [-0.25, -0.2) is 9.13 Å². The molecule has 0 saturated heterocycles. The van der Waals surface area contributed by atoms with Crippen LogP contribution in [-0.2, 0) is 65.4 Å². The van der Waals surface area contributed by atoms with Crippen molar-refractivity contribution >= 4 is 39.5 Å². The van der Waals surface area contributed by atoms with Crippen LogP contribution >= 0.6 is 15.6 Å². The lowest BCUT2D eigenvalue weighted by molar-refractivity contribution is -0.161. The molecule has 0 amide bonds. The second kappa shape index (κ2) is 75.5. The maximum absolute atomic E-state index is 13.1. The van der Waals surface area contributed by atoms with Gasteiger partial charge in [-0.3, -0.25) is 37.3 Å². The van der Waals surface area contributed by atoms with Gasteiger partial charge in [-0.2, -0.15) is 0 Å². The van der Waals surface area contributed by atoms with Gasteiger partial charge < -0.3 is 33.8 Å². The van der Waals surface area contributed by atoms with Gasteiger partial charge in [0.15, 0.2) is 12.2 Å². The maximum Gasteiger partial charge on any atom is 0.472 e. The number of phosphoric acid groups is 2. The molecular weight excluding hydrogens is 1340 g/mol. The number of hydrogen-bond donors (Lipinski definition) is 3. The fourth-order valence-corrected chi connectivity index (χ4v) is 14.6. The lowest BCUT2D eigenvalue weighted by Gasteiger charge is -2.21. The van der Waals surface area contributed by atoms with Crippen molar-refractivity contribution < 1.29 is 80.2 Å². The molecule has 17 nitrogen and oxygen atoms in total. The lowest BCUT2D eigenvalue weighted by atomic mass is 10.0. The van der Waals surface area contributed by atoms with Crippen LogP contribution in [-0.4, -0.2) is 96.7 Å². The number of ether oxygens (including phenoxy) is 4. The zero-order valence-electron chi connectivity index (χ0n) is 67.6. The summed E-state index contributed by atoms with van der Waals surface area (Å²) in [5, 5.41) is 10.7. The molecule has 0 rings (SSSR count). The number of esters is 4. The lowest BCUT2D eigenvalue weighted by Crippen LogP contribution is -2.30. The predicted molar refractivity (Wildman–Crippen MR) is 423 cm³/mol. The van der Waals surface area contributed by atoms with Gasteiger partial charge in [0.25, 0.3) is 0 Å². The maximum atomic E-state index is 13.1. The molecule has 0 aliphatic carbocycles. The van der Waals surface area contributed by atoms with E-state index in [-0.39, 0.29) is 25.7 Å². The molecule has 0 aliphatic heterocycles. The largest absolute Gasteiger partial charge is 0.472 e. The minimum atomic E-state index is -4.96. The SMILES string of the molecule is CCCCCCCCCCCCCCCCCCCCCCCCC(=O)O[C@H](COC(=O)CCCCCCCCCCCCCCCCCCCC)COP(=O)(O)OC[C@@H](O)COP(=O)(O)OC[C@@H](COC(=O)CCCCCCCCCC(C)C)OC(=O)CCCCCCCCCCCCC(C)C. The van der Waals surface area contributed by atoms with Crippen LogP contribution in [0.1, 0.15) is 446 Å². The van der Waals surface area contributed by atoms with Gasteiger partial charge in [0.05, 0.1) is 26.4 Å². The molecule has 0 heterocycles. The highest BCUT2D eigenvalue weighted by Gasteiger charge is 2.30. The quantitative estimate of drug-likeness (QED) is 0.0222. The van der Waals surface area contributed by atoms with E-state index in [9.17, 15) is 43.2 Å². The van der Waals surface area contributed by atoms with Crippen LogP contribution in [0, 0.1) is 11.8 Å². The Morgan fingerprint density at radius 2 is 0.447 bits per heavy atom. The normalized spacial score (nSPS) is 13.9. The molecule has 19 heteroatoms. The van der Waals surface area contributed by atoms with Crippen molar-refractivity contribution in [1.29, 1.82) is 0 Å². The first-order chi connectivity index (χ1) is 49.9. The fraction of sp³-hybridized carbons (Fsp3) is 0.952. The van der Waals surface area contributed by atoms with Crippen LogP contribution < -0.4 is 0 Å². The first-order valence-corrected chi connectivity index (χ1v) is 46.5. The summed E-state index contributed by atoms with van der Waals surface area (Å²) in [7, 11) is -9.92. The van der Waals surface area contributed by atoms with E-state index in [2.05, 4.69) is 41.5 Å². The summed E-state index contributed by atoms with van der Waals surface area (Å²) in [6.07, 6.45) is 66.9. The number of carbonyl (C=O) groups is 4. The van der Waals surface area contributed by atoms with E-state index in [0.717, 1.165) is 102 Å². The zero-order chi connectivity index (χ0) is 75.6. The molecule has 0 spiro atoms. The summed E-state index contributed by atoms with van der Waals surface area (Å²) in [6, 6.07) is 0. The summed E-state index contributed by atoms with van der Waals surface area (Å²) in [5.41, 5.74) is 0. The standard InChI is InChI=1S/C84H164O17P2/c1-7-9-11-13-15-17-19-21-23-25-27-28-29-30-32-34-36-38-43-49-56-62-68-83(88)100-79(72-94-81(86)66-60-54-48-42-37-35-33-31-26-24-22-20-18-16-14-12-10-8-2)74-98-102(90,91)96-70-78(85)71-97-103(92,93)99-75-80(73-95-82(87)67-61-55-51-45-47-53-59-65-77(5)6)101-84(89)69-63-57-50-44-40-39-41-46-52-58-64-76(3)4/h76-80,85H,7-75H2,1-6H3,(H,90,91)(H,92,93)/t78-,79-,80-/m1/s1. The van der Waals surface area contributed by atoms with Gasteiger partial charge in [0.1, 0.15) is 19.3 Å². The van der Waals surface area contributed by atoms with E-state index >= 15 is 0 Å². The van der Waals surface area contributed by atoms with Crippen molar-refractivity contribution in [1.82, 2.24) is 0 Å². The topological polar surface area (TPSA) is 237 Å². The Morgan fingerprint density at radius 1 is 0.262 bits per heavy atom. The Kier molecular flexibility index (Phi) is 74.1. The molecule has 0 aliphatic rings. The van der Waals surface area contributed by atoms with E-state index in [1.54, 1.807) is 0 Å². The molecule has 0 radical (unpaired) electrons. The van der Waals surface area contributed by atoms with Crippen molar-refractivity contribution in [2.45, 2.75) is 464 Å². The first kappa shape index (κ1) is 101.